The van der Waals surface area contributed by atoms with Crippen LogP contribution in [0.1, 0.15) is 56.6 Å². The van der Waals surface area contributed by atoms with Crippen LogP contribution in [0.25, 0.3) is 0 Å². The average molecular weight is 422 g/mol. The molecule has 3 rings (SSSR count). The first-order chi connectivity index (χ1) is 13.1. The molecule has 1 amide bonds. The third kappa shape index (κ3) is 4.61. The number of piperidine rings is 1. The van der Waals surface area contributed by atoms with Gasteiger partial charge < -0.3 is 0 Å². The van der Waals surface area contributed by atoms with Gasteiger partial charge in [-0.05, 0) is 43.0 Å². The fourth-order valence-electron chi connectivity index (χ4n) is 3.00. The lowest BCUT2D eigenvalue weighted by atomic mass is 9.93. The lowest BCUT2D eigenvalue weighted by Gasteiger charge is -2.29. The minimum Gasteiger partial charge on any atom is -0.298 e. The lowest BCUT2D eigenvalue weighted by molar-refractivity contribution is 0.102. The Morgan fingerprint density at radius 1 is 1.18 bits per heavy atom. The van der Waals surface area contributed by atoms with E-state index >= 15 is 0 Å². The number of hydrogen-bond donors (Lipinski definition) is 1. The minimum absolute atomic E-state index is 0.0816. The van der Waals surface area contributed by atoms with Gasteiger partial charge in [-0.3, -0.25) is 10.1 Å². The van der Waals surface area contributed by atoms with E-state index in [1.807, 2.05) is 5.38 Å². The molecule has 6 nitrogen and oxygen atoms in total. The van der Waals surface area contributed by atoms with E-state index < -0.39 is 10.0 Å². The minimum atomic E-state index is -3.51. The van der Waals surface area contributed by atoms with Crippen LogP contribution in [0.5, 0.6) is 0 Å². The molecule has 1 aliphatic heterocycles. The summed E-state index contributed by atoms with van der Waals surface area (Å²) < 4.78 is 27.1. The van der Waals surface area contributed by atoms with Crippen molar-refractivity contribution in [3.63, 3.8) is 0 Å². The monoisotopic (exact) mass is 421 g/mol. The molecule has 0 aliphatic carbocycles. The normalized spacial score (nSPS) is 16.9. The molecule has 0 saturated carbocycles. The van der Waals surface area contributed by atoms with Gasteiger partial charge >= 0.3 is 0 Å². The summed E-state index contributed by atoms with van der Waals surface area (Å²) in [5, 5.41) is 5.26. The molecule has 2 heterocycles. The second-order valence-electron chi connectivity index (χ2n) is 8.35. The first kappa shape index (κ1) is 21.0. The number of thiazole rings is 1. The van der Waals surface area contributed by atoms with Gasteiger partial charge in [-0.25, -0.2) is 13.4 Å². The number of sulfonamides is 1. The van der Waals surface area contributed by atoms with E-state index in [1.54, 1.807) is 12.1 Å². The summed E-state index contributed by atoms with van der Waals surface area (Å²) in [7, 11) is -3.51. The molecule has 0 spiro atoms. The van der Waals surface area contributed by atoms with Crippen LogP contribution in [0.2, 0.25) is 0 Å². The van der Waals surface area contributed by atoms with Crippen LogP contribution in [0, 0.1) is 5.92 Å². The van der Waals surface area contributed by atoms with Crippen molar-refractivity contribution in [1.82, 2.24) is 9.29 Å². The van der Waals surface area contributed by atoms with Crippen LogP contribution < -0.4 is 5.32 Å². The quantitative estimate of drug-likeness (QED) is 0.806. The van der Waals surface area contributed by atoms with Gasteiger partial charge in [-0.15, -0.1) is 11.3 Å². The summed E-state index contributed by atoms with van der Waals surface area (Å²) in [4.78, 5) is 17.1. The Labute approximate surface area is 171 Å². The number of carbonyl (C=O) groups is 1. The van der Waals surface area contributed by atoms with Crippen LogP contribution in [0.4, 0.5) is 5.13 Å². The lowest BCUT2D eigenvalue weighted by Crippen LogP contribution is -2.37. The molecule has 0 bridgehead atoms. The van der Waals surface area contributed by atoms with E-state index in [0.29, 0.717) is 29.7 Å². The summed E-state index contributed by atoms with van der Waals surface area (Å²) in [6.07, 6.45) is 1.76. The van der Waals surface area contributed by atoms with Crippen LogP contribution in [-0.4, -0.2) is 36.7 Å². The topological polar surface area (TPSA) is 79.4 Å². The summed E-state index contributed by atoms with van der Waals surface area (Å²) in [5.41, 5.74) is 1.24. The number of amides is 1. The number of benzene rings is 1. The Morgan fingerprint density at radius 3 is 2.32 bits per heavy atom. The van der Waals surface area contributed by atoms with E-state index in [9.17, 15) is 13.2 Å². The number of rotatable bonds is 4. The van der Waals surface area contributed by atoms with E-state index in [-0.39, 0.29) is 16.2 Å². The predicted octanol–water partition coefficient (Wildman–Crippen LogP) is 4.11. The van der Waals surface area contributed by atoms with Gasteiger partial charge in [0.05, 0.1) is 10.6 Å². The fourth-order valence-corrected chi connectivity index (χ4v) is 5.40. The highest BCUT2D eigenvalue weighted by molar-refractivity contribution is 7.89. The number of anilines is 1. The van der Waals surface area contributed by atoms with Gasteiger partial charge in [0.25, 0.3) is 5.91 Å². The van der Waals surface area contributed by atoms with Gasteiger partial charge in [0.15, 0.2) is 5.13 Å². The van der Waals surface area contributed by atoms with Crippen molar-refractivity contribution in [2.75, 3.05) is 18.4 Å². The Kier molecular flexibility index (Phi) is 5.93. The zero-order valence-corrected chi connectivity index (χ0v) is 18.4. The second kappa shape index (κ2) is 7.93. The van der Waals surface area contributed by atoms with Gasteiger partial charge in [0.1, 0.15) is 0 Å². The Morgan fingerprint density at radius 2 is 1.79 bits per heavy atom. The zero-order chi connectivity index (χ0) is 20.5. The fraction of sp³-hybridized carbons (Fsp3) is 0.500. The Hall–Kier alpha value is -1.77. The van der Waals surface area contributed by atoms with E-state index in [0.717, 1.165) is 18.5 Å². The van der Waals surface area contributed by atoms with Crippen molar-refractivity contribution in [3.05, 3.63) is 40.9 Å². The Bertz CT molecular complexity index is 936. The van der Waals surface area contributed by atoms with Crippen molar-refractivity contribution in [3.8, 4) is 0 Å². The molecular formula is C20H27N3O3S2. The van der Waals surface area contributed by atoms with Crippen molar-refractivity contribution >= 4 is 32.4 Å². The maximum atomic E-state index is 12.8. The van der Waals surface area contributed by atoms with Gasteiger partial charge in [0.2, 0.25) is 10.0 Å². The number of nitrogens with one attached hydrogen (secondary N) is 1. The summed E-state index contributed by atoms with van der Waals surface area (Å²) in [6, 6.07) is 6.11. The number of carbonyl (C=O) groups excluding carboxylic acids is 1. The van der Waals surface area contributed by atoms with Gasteiger partial charge in [0, 0.05) is 29.4 Å². The van der Waals surface area contributed by atoms with Crippen LogP contribution in [-0.2, 0) is 15.4 Å². The summed E-state index contributed by atoms with van der Waals surface area (Å²) >= 11 is 1.38. The van der Waals surface area contributed by atoms with E-state index in [2.05, 4.69) is 38.0 Å². The summed E-state index contributed by atoms with van der Waals surface area (Å²) in [5.74, 6) is 0.257. The van der Waals surface area contributed by atoms with Crippen LogP contribution >= 0.6 is 11.3 Å². The molecule has 8 heteroatoms. The molecule has 2 aromatic rings. The van der Waals surface area contributed by atoms with E-state index in [1.165, 1.54) is 27.8 Å². The molecule has 1 fully saturated rings. The first-order valence-electron chi connectivity index (χ1n) is 9.45. The highest BCUT2D eigenvalue weighted by atomic mass is 32.2. The average Bonchev–Trinajstić information content (AvgIpc) is 3.11. The smallest absolute Gasteiger partial charge is 0.257 e. The standard InChI is InChI=1S/C20H27N3O3S2/c1-14-9-11-23(12-10-14)28(25,26)16-7-5-15(6-8-16)18(24)22-19-21-17(13-27-19)20(2,3)4/h5-8,13-14H,9-12H2,1-4H3,(H,21,22,24). The van der Waals surface area contributed by atoms with Crippen molar-refractivity contribution in [1.29, 1.82) is 0 Å². The molecular weight excluding hydrogens is 394 g/mol. The maximum absolute atomic E-state index is 12.8. The molecule has 1 aromatic heterocycles. The Balaban J connectivity index is 1.70. The van der Waals surface area contributed by atoms with Crippen molar-refractivity contribution in [2.24, 2.45) is 5.92 Å². The third-order valence-electron chi connectivity index (χ3n) is 4.99. The molecule has 0 atom stereocenters. The largest absolute Gasteiger partial charge is 0.298 e. The highest BCUT2D eigenvalue weighted by Gasteiger charge is 2.28. The van der Waals surface area contributed by atoms with Gasteiger partial charge in [-0.1, -0.05) is 27.7 Å². The number of aromatic nitrogens is 1. The number of nitrogens with zero attached hydrogens (tertiary/aromatic N) is 2. The third-order valence-corrected chi connectivity index (χ3v) is 7.66. The molecule has 1 saturated heterocycles. The second-order valence-corrected chi connectivity index (χ2v) is 11.1. The molecule has 1 aliphatic rings. The zero-order valence-electron chi connectivity index (χ0n) is 16.7. The molecule has 28 heavy (non-hydrogen) atoms. The van der Waals surface area contributed by atoms with Crippen molar-refractivity contribution < 1.29 is 13.2 Å². The molecule has 1 N–H and O–H groups in total. The SMILES string of the molecule is CC1CCN(S(=O)(=O)c2ccc(C(=O)Nc3nc(C(C)(C)C)cs3)cc2)CC1. The van der Waals surface area contributed by atoms with Gasteiger partial charge in [-0.2, -0.15) is 4.31 Å². The first-order valence-corrected chi connectivity index (χ1v) is 11.8. The van der Waals surface area contributed by atoms with E-state index in [4.69, 9.17) is 0 Å². The van der Waals surface area contributed by atoms with Crippen LogP contribution in [0.15, 0.2) is 34.5 Å². The number of hydrogen-bond acceptors (Lipinski definition) is 5. The maximum Gasteiger partial charge on any atom is 0.257 e. The molecule has 0 unspecified atom stereocenters. The predicted molar refractivity (Wildman–Crippen MR) is 112 cm³/mol. The molecule has 152 valence electrons. The molecule has 1 aromatic carbocycles. The van der Waals surface area contributed by atoms with Crippen LogP contribution in [0.3, 0.4) is 0 Å². The highest BCUT2D eigenvalue weighted by Crippen LogP contribution is 2.27. The summed E-state index contributed by atoms with van der Waals surface area (Å²) in [6.45, 7) is 9.43. The molecule has 0 radical (unpaired) electrons. The van der Waals surface area contributed by atoms with Crippen molar-refractivity contribution in [2.45, 2.75) is 50.8 Å².